The third kappa shape index (κ3) is 11.1. The lowest BCUT2D eigenvalue weighted by Crippen LogP contribution is -2.48. The minimum Gasteiger partial charge on any atom is -0.379 e. The standard InChI is InChI=1S/C19H38N8OS2/c1-6-26(7-2)9-8-20-18(29)24-22-16(4)17(5)23-25-19(30)21-14-15(3)27-10-12-28-13-11-27/h15H,6-14H2,1-5H3,(H2,20,24,29)(H2,21,25,30)/b22-16+,23-17+. The summed E-state index contributed by atoms with van der Waals surface area (Å²) >= 11 is 10.6. The van der Waals surface area contributed by atoms with E-state index in [-0.39, 0.29) is 0 Å². The SMILES string of the molecule is CCN(CC)CCNC(=S)N/N=C(C)/C(C)=N/NC(=S)NCC(C)N1CCOCC1. The second kappa shape index (κ2) is 15.4. The molecule has 0 aromatic carbocycles. The number of thiocarbonyl (C=S) groups is 2. The van der Waals surface area contributed by atoms with E-state index in [0.717, 1.165) is 70.5 Å². The monoisotopic (exact) mass is 458 g/mol. The molecule has 11 heteroatoms. The van der Waals surface area contributed by atoms with Crippen molar-refractivity contribution in [2.24, 2.45) is 10.2 Å². The molecule has 9 nitrogen and oxygen atoms in total. The van der Waals surface area contributed by atoms with Crippen molar-refractivity contribution >= 4 is 46.1 Å². The molecule has 1 saturated heterocycles. The van der Waals surface area contributed by atoms with Gasteiger partial charge < -0.3 is 20.3 Å². The third-order valence-corrected chi connectivity index (χ3v) is 5.48. The average Bonchev–Trinajstić information content (AvgIpc) is 2.77. The summed E-state index contributed by atoms with van der Waals surface area (Å²) in [5.74, 6) is 0. The lowest BCUT2D eigenvalue weighted by atomic mass is 10.2. The number of nitrogens with zero attached hydrogens (tertiary/aromatic N) is 4. The van der Waals surface area contributed by atoms with Gasteiger partial charge in [-0.3, -0.25) is 15.8 Å². The molecule has 0 aromatic rings. The molecule has 1 aliphatic rings. The summed E-state index contributed by atoms with van der Waals surface area (Å²) in [6, 6.07) is 0.376. The quantitative estimate of drug-likeness (QED) is 0.203. The number of morpholine rings is 1. The summed E-state index contributed by atoms with van der Waals surface area (Å²) in [6.45, 7) is 18.2. The Balaban J connectivity index is 2.30. The van der Waals surface area contributed by atoms with Crippen molar-refractivity contribution in [3.05, 3.63) is 0 Å². The summed E-state index contributed by atoms with van der Waals surface area (Å²) < 4.78 is 5.39. The van der Waals surface area contributed by atoms with Crippen LogP contribution in [0.5, 0.6) is 0 Å². The molecule has 0 bridgehead atoms. The third-order valence-electron chi connectivity index (χ3n) is 5.01. The van der Waals surface area contributed by atoms with Crippen molar-refractivity contribution in [1.29, 1.82) is 0 Å². The molecule has 0 radical (unpaired) electrons. The first kappa shape index (κ1) is 26.6. The zero-order valence-corrected chi connectivity index (χ0v) is 20.6. The van der Waals surface area contributed by atoms with Crippen LogP contribution in [0.15, 0.2) is 10.2 Å². The van der Waals surface area contributed by atoms with Gasteiger partial charge in [-0.1, -0.05) is 13.8 Å². The Morgan fingerprint density at radius 3 is 2.07 bits per heavy atom. The predicted octanol–water partition coefficient (Wildman–Crippen LogP) is 0.729. The Kier molecular flexibility index (Phi) is 13.7. The van der Waals surface area contributed by atoms with Crippen LogP contribution in [0.25, 0.3) is 0 Å². The Morgan fingerprint density at radius 2 is 1.53 bits per heavy atom. The van der Waals surface area contributed by atoms with Gasteiger partial charge in [0.2, 0.25) is 0 Å². The Labute approximate surface area is 192 Å². The fourth-order valence-corrected chi connectivity index (χ4v) is 3.04. The van der Waals surface area contributed by atoms with E-state index in [4.69, 9.17) is 29.2 Å². The van der Waals surface area contributed by atoms with Crippen LogP contribution in [0.4, 0.5) is 0 Å². The maximum Gasteiger partial charge on any atom is 0.187 e. The van der Waals surface area contributed by atoms with Crippen LogP contribution in [0.2, 0.25) is 0 Å². The molecule has 30 heavy (non-hydrogen) atoms. The van der Waals surface area contributed by atoms with E-state index in [0.29, 0.717) is 16.3 Å². The average molecular weight is 459 g/mol. The van der Waals surface area contributed by atoms with Crippen LogP contribution in [0.3, 0.4) is 0 Å². The largest absolute Gasteiger partial charge is 0.379 e. The Hall–Kier alpha value is -1.40. The zero-order chi connectivity index (χ0) is 22.4. The van der Waals surface area contributed by atoms with Gasteiger partial charge in [-0.05, 0) is 58.3 Å². The highest BCUT2D eigenvalue weighted by Gasteiger charge is 2.16. The molecule has 0 aromatic heterocycles. The molecule has 0 saturated carbocycles. The van der Waals surface area contributed by atoms with Crippen LogP contribution < -0.4 is 21.5 Å². The second-order valence-electron chi connectivity index (χ2n) is 7.11. The van der Waals surface area contributed by atoms with Gasteiger partial charge in [0.15, 0.2) is 10.2 Å². The van der Waals surface area contributed by atoms with E-state index in [1.54, 1.807) is 0 Å². The summed E-state index contributed by atoms with van der Waals surface area (Å²) in [5.41, 5.74) is 7.17. The van der Waals surface area contributed by atoms with Gasteiger partial charge in [-0.25, -0.2) is 0 Å². The molecule has 1 fully saturated rings. The molecule has 172 valence electrons. The van der Waals surface area contributed by atoms with Crippen molar-refractivity contribution in [2.45, 2.75) is 40.7 Å². The normalized spacial score (nSPS) is 16.9. The smallest absolute Gasteiger partial charge is 0.187 e. The molecule has 0 spiro atoms. The molecular weight excluding hydrogens is 420 g/mol. The number of hydrogen-bond donors (Lipinski definition) is 4. The Morgan fingerprint density at radius 1 is 1.00 bits per heavy atom. The topological polar surface area (TPSA) is 88.5 Å². The van der Waals surface area contributed by atoms with Gasteiger partial charge in [0.05, 0.1) is 24.6 Å². The fraction of sp³-hybridized carbons (Fsp3) is 0.789. The van der Waals surface area contributed by atoms with Gasteiger partial charge in [0, 0.05) is 38.8 Å². The van der Waals surface area contributed by atoms with Gasteiger partial charge in [-0.2, -0.15) is 10.2 Å². The molecular formula is C19H38N8OS2. The molecule has 0 aliphatic carbocycles. The molecule has 4 N–H and O–H groups in total. The van der Waals surface area contributed by atoms with Crippen molar-refractivity contribution in [2.75, 3.05) is 59.0 Å². The highest BCUT2D eigenvalue weighted by atomic mass is 32.1. The molecule has 1 aliphatic heterocycles. The first-order chi connectivity index (χ1) is 14.4. The Bertz CT molecular complexity index is 589. The summed E-state index contributed by atoms with van der Waals surface area (Å²) in [7, 11) is 0. The molecule has 1 atom stereocenters. The van der Waals surface area contributed by atoms with E-state index in [1.807, 2.05) is 13.8 Å². The van der Waals surface area contributed by atoms with Crippen LogP contribution in [0, 0.1) is 0 Å². The van der Waals surface area contributed by atoms with Crippen molar-refractivity contribution in [3.8, 4) is 0 Å². The molecule has 0 amide bonds. The van der Waals surface area contributed by atoms with E-state index >= 15 is 0 Å². The van der Waals surface area contributed by atoms with Gasteiger partial charge in [0.25, 0.3) is 0 Å². The van der Waals surface area contributed by atoms with Crippen LogP contribution >= 0.6 is 24.4 Å². The van der Waals surface area contributed by atoms with Gasteiger partial charge in [-0.15, -0.1) is 0 Å². The fourth-order valence-electron chi connectivity index (χ4n) is 2.77. The highest BCUT2D eigenvalue weighted by molar-refractivity contribution is 7.80. The first-order valence-corrected chi connectivity index (χ1v) is 11.4. The van der Waals surface area contributed by atoms with Crippen LogP contribution in [0.1, 0.15) is 34.6 Å². The lowest BCUT2D eigenvalue weighted by molar-refractivity contribution is 0.0212. The lowest BCUT2D eigenvalue weighted by Gasteiger charge is -2.32. The van der Waals surface area contributed by atoms with Crippen LogP contribution in [-0.4, -0.2) is 96.5 Å². The van der Waals surface area contributed by atoms with E-state index in [2.05, 4.69) is 62.3 Å². The van der Waals surface area contributed by atoms with Crippen molar-refractivity contribution in [3.63, 3.8) is 0 Å². The predicted molar refractivity (Wildman–Crippen MR) is 133 cm³/mol. The van der Waals surface area contributed by atoms with E-state index in [9.17, 15) is 0 Å². The number of nitrogens with one attached hydrogen (secondary N) is 4. The van der Waals surface area contributed by atoms with E-state index in [1.165, 1.54) is 0 Å². The van der Waals surface area contributed by atoms with Gasteiger partial charge in [0.1, 0.15) is 0 Å². The minimum absolute atomic E-state index is 0.376. The second-order valence-corrected chi connectivity index (χ2v) is 7.92. The summed E-state index contributed by atoms with van der Waals surface area (Å²) in [6.07, 6.45) is 0. The maximum atomic E-state index is 5.39. The summed E-state index contributed by atoms with van der Waals surface area (Å²) in [4.78, 5) is 4.71. The molecule has 1 rings (SSSR count). The van der Waals surface area contributed by atoms with Crippen molar-refractivity contribution < 1.29 is 4.74 Å². The first-order valence-electron chi connectivity index (χ1n) is 10.6. The van der Waals surface area contributed by atoms with Crippen molar-refractivity contribution in [1.82, 2.24) is 31.3 Å². The minimum atomic E-state index is 0.376. The number of hydrogen-bond acceptors (Lipinski definition) is 7. The molecule has 1 heterocycles. The van der Waals surface area contributed by atoms with Crippen LogP contribution in [-0.2, 0) is 4.74 Å². The zero-order valence-electron chi connectivity index (χ0n) is 19.0. The number of likely N-dealkylation sites (N-methyl/N-ethyl adjacent to an activating group) is 1. The maximum absolute atomic E-state index is 5.39. The van der Waals surface area contributed by atoms with Gasteiger partial charge >= 0.3 is 0 Å². The number of hydrazone groups is 2. The number of rotatable bonds is 11. The highest BCUT2D eigenvalue weighted by Crippen LogP contribution is 2.02. The summed E-state index contributed by atoms with van der Waals surface area (Å²) in [5, 5.41) is 15.9. The number of ether oxygens (including phenoxy) is 1. The van der Waals surface area contributed by atoms with E-state index < -0.39 is 0 Å². The molecule has 1 unspecified atom stereocenters.